The number of carboxylic acids is 1. The molecule has 0 atom stereocenters. The van der Waals surface area contributed by atoms with Crippen LogP contribution in [0.15, 0.2) is 36.5 Å². The Labute approximate surface area is 121 Å². The third kappa shape index (κ3) is 2.38. The Morgan fingerprint density at radius 3 is 2.81 bits per heavy atom. The van der Waals surface area contributed by atoms with Crippen molar-refractivity contribution >= 4 is 17.1 Å². The van der Waals surface area contributed by atoms with Crippen molar-refractivity contribution < 1.29 is 9.90 Å². The highest BCUT2D eigenvalue weighted by molar-refractivity contribution is 5.89. The number of nitrogens with zero attached hydrogens (tertiary/aromatic N) is 3. The standard InChI is InChI=1S/C16H15N3O2/c1-10-7-14-15(17-8-10)19(11(2)18-14)9-12-5-3-4-6-13(12)16(20)21/h3-8H,9H2,1-2H3,(H,20,21). The van der Waals surface area contributed by atoms with E-state index in [-0.39, 0.29) is 0 Å². The second-order valence-electron chi connectivity index (χ2n) is 5.06. The monoisotopic (exact) mass is 281 g/mol. The number of aromatic carboxylic acids is 1. The molecule has 3 aromatic rings. The first-order valence-electron chi connectivity index (χ1n) is 6.67. The third-order valence-corrected chi connectivity index (χ3v) is 3.49. The average molecular weight is 281 g/mol. The van der Waals surface area contributed by atoms with Crippen LogP contribution in [0.5, 0.6) is 0 Å². The highest BCUT2D eigenvalue weighted by Gasteiger charge is 2.13. The number of aromatic nitrogens is 3. The molecule has 106 valence electrons. The summed E-state index contributed by atoms with van der Waals surface area (Å²) in [5.74, 6) is -0.0974. The first kappa shape index (κ1) is 13.3. The number of fused-ring (bicyclic) bond motifs is 1. The highest BCUT2D eigenvalue weighted by Crippen LogP contribution is 2.18. The molecular weight excluding hydrogens is 266 g/mol. The molecule has 3 rings (SSSR count). The highest BCUT2D eigenvalue weighted by atomic mass is 16.4. The maximum atomic E-state index is 11.3. The fourth-order valence-corrected chi connectivity index (χ4v) is 2.45. The van der Waals surface area contributed by atoms with Crippen LogP contribution in [-0.4, -0.2) is 25.6 Å². The number of pyridine rings is 1. The molecule has 1 aromatic carbocycles. The summed E-state index contributed by atoms with van der Waals surface area (Å²) in [5.41, 5.74) is 3.72. The Kier molecular flexibility index (Phi) is 3.17. The van der Waals surface area contributed by atoms with Crippen molar-refractivity contribution in [2.24, 2.45) is 0 Å². The number of hydrogen-bond acceptors (Lipinski definition) is 3. The van der Waals surface area contributed by atoms with Crippen LogP contribution < -0.4 is 0 Å². The lowest BCUT2D eigenvalue weighted by atomic mass is 10.1. The molecule has 0 aliphatic carbocycles. The summed E-state index contributed by atoms with van der Waals surface area (Å²) in [7, 11) is 0. The Morgan fingerprint density at radius 1 is 1.29 bits per heavy atom. The fraction of sp³-hybridized carbons (Fsp3) is 0.188. The van der Waals surface area contributed by atoms with Crippen molar-refractivity contribution in [2.75, 3.05) is 0 Å². The Hall–Kier alpha value is -2.69. The Bertz CT molecular complexity index is 837. The number of benzene rings is 1. The van der Waals surface area contributed by atoms with E-state index in [0.29, 0.717) is 12.1 Å². The van der Waals surface area contributed by atoms with Crippen molar-refractivity contribution in [3.8, 4) is 0 Å². The zero-order valence-corrected chi connectivity index (χ0v) is 11.9. The van der Waals surface area contributed by atoms with E-state index in [1.165, 1.54) is 0 Å². The van der Waals surface area contributed by atoms with E-state index in [1.807, 2.05) is 36.6 Å². The summed E-state index contributed by atoms with van der Waals surface area (Å²) in [4.78, 5) is 20.2. The van der Waals surface area contributed by atoms with Crippen molar-refractivity contribution in [2.45, 2.75) is 20.4 Å². The van der Waals surface area contributed by atoms with Gasteiger partial charge in [0.25, 0.3) is 0 Å². The molecule has 0 spiro atoms. The van der Waals surface area contributed by atoms with Gasteiger partial charge in [0.1, 0.15) is 11.3 Å². The van der Waals surface area contributed by atoms with Crippen molar-refractivity contribution in [3.63, 3.8) is 0 Å². The number of imidazole rings is 1. The van der Waals surface area contributed by atoms with E-state index >= 15 is 0 Å². The van der Waals surface area contributed by atoms with Crippen molar-refractivity contribution in [1.29, 1.82) is 0 Å². The maximum absolute atomic E-state index is 11.3. The van der Waals surface area contributed by atoms with E-state index in [2.05, 4.69) is 9.97 Å². The van der Waals surface area contributed by atoms with Crippen LogP contribution in [0.2, 0.25) is 0 Å². The molecule has 0 saturated heterocycles. The second kappa shape index (κ2) is 5.01. The SMILES string of the molecule is Cc1cnc2c(c1)nc(C)n2Cc1ccccc1C(=O)O. The summed E-state index contributed by atoms with van der Waals surface area (Å²) < 4.78 is 1.94. The normalized spacial score (nSPS) is 11.0. The summed E-state index contributed by atoms with van der Waals surface area (Å²) in [6.45, 7) is 4.32. The lowest BCUT2D eigenvalue weighted by Crippen LogP contribution is -2.08. The smallest absolute Gasteiger partial charge is 0.336 e. The summed E-state index contributed by atoms with van der Waals surface area (Å²) in [5, 5.41) is 9.27. The van der Waals surface area contributed by atoms with Crippen molar-refractivity contribution in [3.05, 3.63) is 59.0 Å². The molecule has 0 aliphatic heterocycles. The maximum Gasteiger partial charge on any atom is 0.336 e. The van der Waals surface area contributed by atoms with Crippen LogP contribution in [0.3, 0.4) is 0 Å². The summed E-state index contributed by atoms with van der Waals surface area (Å²) >= 11 is 0. The molecule has 1 N–H and O–H groups in total. The molecule has 0 amide bonds. The summed E-state index contributed by atoms with van der Waals surface area (Å²) in [6, 6.07) is 8.99. The van der Waals surface area contributed by atoms with Gasteiger partial charge in [-0.3, -0.25) is 0 Å². The number of hydrogen-bond donors (Lipinski definition) is 1. The first-order valence-corrected chi connectivity index (χ1v) is 6.67. The minimum atomic E-state index is -0.920. The van der Waals surface area contributed by atoms with Crippen LogP contribution in [0, 0.1) is 13.8 Å². The minimum Gasteiger partial charge on any atom is -0.478 e. The number of rotatable bonds is 3. The molecule has 21 heavy (non-hydrogen) atoms. The molecule has 2 aromatic heterocycles. The van der Waals surface area contributed by atoms with E-state index < -0.39 is 5.97 Å². The van der Waals surface area contributed by atoms with Gasteiger partial charge in [0, 0.05) is 6.20 Å². The molecule has 2 heterocycles. The fourth-order valence-electron chi connectivity index (χ4n) is 2.45. The molecule has 0 saturated carbocycles. The lowest BCUT2D eigenvalue weighted by molar-refractivity contribution is 0.0695. The average Bonchev–Trinajstić information content (AvgIpc) is 2.74. The van der Waals surface area contributed by atoms with Gasteiger partial charge < -0.3 is 9.67 Å². The van der Waals surface area contributed by atoms with E-state index in [4.69, 9.17) is 0 Å². The largest absolute Gasteiger partial charge is 0.478 e. The second-order valence-corrected chi connectivity index (χ2v) is 5.06. The van der Waals surface area contributed by atoms with Gasteiger partial charge >= 0.3 is 5.97 Å². The predicted molar refractivity (Wildman–Crippen MR) is 79.5 cm³/mol. The van der Waals surface area contributed by atoms with Crippen LogP contribution in [0.25, 0.3) is 11.2 Å². The molecule has 0 bridgehead atoms. The van der Waals surface area contributed by atoms with Gasteiger partial charge in [0.2, 0.25) is 0 Å². The predicted octanol–water partition coefficient (Wildman–Crippen LogP) is 2.79. The van der Waals surface area contributed by atoms with Crippen LogP contribution >= 0.6 is 0 Å². The van der Waals surface area contributed by atoms with Gasteiger partial charge in [0.05, 0.1) is 12.1 Å². The molecule has 0 radical (unpaired) electrons. The number of aryl methyl sites for hydroxylation is 2. The lowest BCUT2D eigenvalue weighted by Gasteiger charge is -2.09. The van der Waals surface area contributed by atoms with Crippen LogP contribution in [-0.2, 0) is 6.54 Å². The quantitative estimate of drug-likeness (QED) is 0.801. The Morgan fingerprint density at radius 2 is 2.05 bits per heavy atom. The first-order chi connectivity index (χ1) is 10.1. The zero-order valence-electron chi connectivity index (χ0n) is 11.9. The zero-order chi connectivity index (χ0) is 15.0. The Balaban J connectivity index is 2.10. The van der Waals surface area contributed by atoms with Gasteiger partial charge in [-0.1, -0.05) is 18.2 Å². The number of carboxylic acid groups (broad SMARTS) is 1. The third-order valence-electron chi connectivity index (χ3n) is 3.49. The minimum absolute atomic E-state index is 0.311. The molecule has 0 aliphatic rings. The van der Waals surface area contributed by atoms with Gasteiger partial charge in [-0.15, -0.1) is 0 Å². The number of carbonyl (C=O) groups is 1. The molecule has 0 unspecified atom stereocenters. The van der Waals surface area contributed by atoms with Crippen molar-refractivity contribution in [1.82, 2.24) is 14.5 Å². The van der Waals surface area contributed by atoms with E-state index in [0.717, 1.165) is 28.1 Å². The van der Waals surface area contributed by atoms with Crippen LogP contribution in [0.1, 0.15) is 27.3 Å². The van der Waals surface area contributed by atoms with Gasteiger partial charge in [-0.05, 0) is 37.1 Å². The molecule has 0 fully saturated rings. The topological polar surface area (TPSA) is 68.0 Å². The van der Waals surface area contributed by atoms with Gasteiger partial charge in [0.15, 0.2) is 5.65 Å². The van der Waals surface area contributed by atoms with Crippen LogP contribution in [0.4, 0.5) is 0 Å². The van der Waals surface area contributed by atoms with Gasteiger partial charge in [-0.25, -0.2) is 14.8 Å². The molecule has 5 heteroatoms. The summed E-state index contributed by atoms with van der Waals surface area (Å²) in [6.07, 6.45) is 1.79. The van der Waals surface area contributed by atoms with E-state index in [1.54, 1.807) is 18.3 Å². The van der Waals surface area contributed by atoms with E-state index in [9.17, 15) is 9.90 Å². The molecule has 5 nitrogen and oxygen atoms in total. The van der Waals surface area contributed by atoms with Gasteiger partial charge in [-0.2, -0.15) is 0 Å². The molecular formula is C16H15N3O2.